The number of amides is 5. The number of benzene rings is 2. The zero-order chi connectivity index (χ0) is 22.0. The van der Waals surface area contributed by atoms with Crippen LogP contribution >= 0.6 is 0 Å². The van der Waals surface area contributed by atoms with E-state index in [0.717, 1.165) is 16.0 Å². The van der Waals surface area contributed by atoms with Gasteiger partial charge in [-0.3, -0.25) is 14.4 Å². The van der Waals surface area contributed by atoms with Gasteiger partial charge in [0, 0.05) is 26.4 Å². The fraction of sp³-hybridized carbons (Fsp3) is 0.304. The Bertz CT molecular complexity index is 1020. The van der Waals surface area contributed by atoms with E-state index in [2.05, 4.69) is 10.6 Å². The molecule has 0 radical (unpaired) electrons. The van der Waals surface area contributed by atoms with Crippen molar-refractivity contribution in [3.8, 4) is 0 Å². The van der Waals surface area contributed by atoms with Crippen LogP contribution in [-0.4, -0.2) is 47.8 Å². The Morgan fingerprint density at radius 3 is 2.42 bits per heavy atom. The summed E-state index contributed by atoms with van der Waals surface area (Å²) in [5, 5.41) is 5.29. The smallest absolute Gasteiger partial charge is 0.329 e. The van der Waals surface area contributed by atoms with Crippen molar-refractivity contribution in [2.45, 2.75) is 37.9 Å². The molecule has 4 rings (SSSR count). The predicted octanol–water partition coefficient (Wildman–Crippen LogP) is 1.59. The number of hydrogen-bond acceptors (Lipinski definition) is 4. The molecule has 0 aromatic heterocycles. The number of likely N-dealkylation sites (N-methyl/N-ethyl adjacent to an activating group) is 1. The minimum atomic E-state index is -0.771. The Kier molecular flexibility index (Phi) is 5.70. The molecule has 8 nitrogen and oxygen atoms in total. The molecule has 0 aliphatic carbocycles. The molecular weight excluding hydrogens is 396 g/mol. The van der Waals surface area contributed by atoms with Gasteiger partial charge in [-0.1, -0.05) is 42.5 Å². The van der Waals surface area contributed by atoms with Gasteiger partial charge in [-0.25, -0.2) is 9.69 Å². The highest BCUT2D eigenvalue weighted by atomic mass is 16.2. The number of imide groups is 1. The van der Waals surface area contributed by atoms with Crippen LogP contribution in [0.1, 0.15) is 24.0 Å². The lowest BCUT2D eigenvalue weighted by atomic mass is 9.93. The first-order valence-electron chi connectivity index (χ1n) is 10.3. The maximum absolute atomic E-state index is 13.0. The second-order valence-corrected chi connectivity index (χ2v) is 7.67. The van der Waals surface area contributed by atoms with Crippen molar-refractivity contribution in [3.63, 3.8) is 0 Å². The molecule has 1 saturated heterocycles. The lowest BCUT2D eigenvalue weighted by Gasteiger charge is -2.36. The molecule has 1 unspecified atom stereocenters. The molecule has 31 heavy (non-hydrogen) atoms. The average molecular weight is 420 g/mol. The van der Waals surface area contributed by atoms with Crippen LogP contribution in [0.15, 0.2) is 54.6 Å². The van der Waals surface area contributed by atoms with E-state index >= 15 is 0 Å². The van der Waals surface area contributed by atoms with Crippen molar-refractivity contribution >= 4 is 29.4 Å². The minimum absolute atomic E-state index is 0.0506. The van der Waals surface area contributed by atoms with E-state index in [1.807, 2.05) is 24.3 Å². The van der Waals surface area contributed by atoms with Gasteiger partial charge in [0.1, 0.15) is 12.1 Å². The topological polar surface area (TPSA) is 98.8 Å². The van der Waals surface area contributed by atoms with Crippen molar-refractivity contribution < 1.29 is 19.2 Å². The summed E-state index contributed by atoms with van der Waals surface area (Å²) >= 11 is 0. The Morgan fingerprint density at radius 2 is 1.71 bits per heavy atom. The van der Waals surface area contributed by atoms with E-state index in [1.54, 1.807) is 42.3 Å². The van der Waals surface area contributed by atoms with Gasteiger partial charge in [0.15, 0.2) is 0 Å². The third-order valence-electron chi connectivity index (χ3n) is 5.80. The molecule has 2 atom stereocenters. The van der Waals surface area contributed by atoms with Gasteiger partial charge >= 0.3 is 6.03 Å². The van der Waals surface area contributed by atoms with E-state index in [-0.39, 0.29) is 30.6 Å². The third kappa shape index (κ3) is 4.01. The van der Waals surface area contributed by atoms with Gasteiger partial charge in [0.2, 0.25) is 11.8 Å². The highest BCUT2D eigenvalue weighted by Crippen LogP contribution is 2.25. The predicted molar refractivity (Wildman–Crippen MR) is 114 cm³/mol. The van der Waals surface area contributed by atoms with E-state index < -0.39 is 18.1 Å². The standard InChI is InChI=1S/C23H24N4O4/c1-24-21(29)19-13-15-7-5-6-8-16(15)14-26(19)20(28)12-11-18-22(30)27(23(31)25-18)17-9-3-2-4-10-17/h2-10,18-19H,11-14H2,1H3,(H,24,29)(H,25,31)/t18?,19-/m0/s1. The highest BCUT2D eigenvalue weighted by Gasteiger charge is 2.40. The summed E-state index contributed by atoms with van der Waals surface area (Å²) in [6.07, 6.45) is 0.669. The normalized spacial score (nSPS) is 20.3. The maximum atomic E-state index is 13.0. The summed E-state index contributed by atoms with van der Waals surface area (Å²) in [6, 6.07) is 14.6. The Balaban J connectivity index is 1.45. The number of carbonyl (C=O) groups is 4. The molecule has 8 heteroatoms. The first-order valence-corrected chi connectivity index (χ1v) is 10.3. The van der Waals surface area contributed by atoms with E-state index in [4.69, 9.17) is 0 Å². The van der Waals surface area contributed by atoms with Crippen molar-refractivity contribution in [2.75, 3.05) is 11.9 Å². The maximum Gasteiger partial charge on any atom is 0.329 e. The summed E-state index contributed by atoms with van der Waals surface area (Å²) in [4.78, 5) is 53.2. The number of para-hydroxylation sites is 1. The average Bonchev–Trinajstić information content (AvgIpc) is 3.09. The largest absolute Gasteiger partial charge is 0.357 e. The molecule has 5 amide bonds. The quantitative estimate of drug-likeness (QED) is 0.718. The number of hydrogen-bond donors (Lipinski definition) is 2. The van der Waals surface area contributed by atoms with Crippen LogP contribution in [0.25, 0.3) is 0 Å². The molecule has 2 N–H and O–H groups in total. The lowest BCUT2D eigenvalue weighted by Crippen LogP contribution is -2.52. The highest BCUT2D eigenvalue weighted by molar-refractivity contribution is 6.21. The van der Waals surface area contributed by atoms with Crippen LogP contribution in [0.3, 0.4) is 0 Å². The number of rotatable bonds is 5. The van der Waals surface area contributed by atoms with Gasteiger partial charge in [0.05, 0.1) is 5.69 Å². The first kappa shape index (κ1) is 20.6. The van der Waals surface area contributed by atoms with Crippen molar-refractivity contribution in [3.05, 3.63) is 65.7 Å². The molecule has 2 aliphatic heterocycles. The molecule has 2 aromatic carbocycles. The van der Waals surface area contributed by atoms with Crippen LogP contribution < -0.4 is 15.5 Å². The van der Waals surface area contributed by atoms with E-state index in [1.165, 1.54) is 0 Å². The molecule has 1 fully saturated rings. The Morgan fingerprint density at radius 1 is 1.03 bits per heavy atom. The fourth-order valence-corrected chi connectivity index (χ4v) is 4.15. The summed E-state index contributed by atoms with van der Waals surface area (Å²) in [5.41, 5.74) is 2.56. The second kappa shape index (κ2) is 8.59. The monoisotopic (exact) mass is 420 g/mol. The number of fused-ring (bicyclic) bond motifs is 1. The lowest BCUT2D eigenvalue weighted by molar-refractivity contribution is -0.141. The SMILES string of the molecule is CNC(=O)[C@@H]1Cc2ccccc2CN1C(=O)CCC1NC(=O)N(c2ccccc2)C1=O. The number of anilines is 1. The van der Waals surface area contributed by atoms with Crippen LogP contribution in [0.2, 0.25) is 0 Å². The van der Waals surface area contributed by atoms with Crippen molar-refractivity contribution in [1.29, 1.82) is 0 Å². The van der Waals surface area contributed by atoms with E-state index in [0.29, 0.717) is 18.7 Å². The van der Waals surface area contributed by atoms with Crippen molar-refractivity contribution in [1.82, 2.24) is 15.5 Å². The van der Waals surface area contributed by atoms with Crippen LogP contribution in [0, 0.1) is 0 Å². The molecule has 2 heterocycles. The molecule has 2 aromatic rings. The molecule has 0 saturated carbocycles. The van der Waals surface area contributed by atoms with Gasteiger partial charge in [-0.05, 0) is 29.7 Å². The molecule has 160 valence electrons. The Hall–Kier alpha value is -3.68. The van der Waals surface area contributed by atoms with Gasteiger partial charge in [0.25, 0.3) is 5.91 Å². The summed E-state index contributed by atoms with van der Waals surface area (Å²) in [6.45, 7) is 0.341. The minimum Gasteiger partial charge on any atom is -0.357 e. The summed E-state index contributed by atoms with van der Waals surface area (Å²) in [7, 11) is 1.55. The first-order chi connectivity index (χ1) is 15.0. The second-order valence-electron chi connectivity index (χ2n) is 7.67. The zero-order valence-electron chi connectivity index (χ0n) is 17.2. The van der Waals surface area contributed by atoms with Gasteiger partial charge in [-0.2, -0.15) is 0 Å². The third-order valence-corrected chi connectivity index (χ3v) is 5.80. The number of nitrogens with zero attached hydrogens (tertiary/aromatic N) is 2. The number of carbonyl (C=O) groups excluding carboxylic acids is 4. The van der Waals surface area contributed by atoms with Gasteiger partial charge in [-0.15, -0.1) is 0 Å². The van der Waals surface area contributed by atoms with Crippen molar-refractivity contribution in [2.24, 2.45) is 0 Å². The van der Waals surface area contributed by atoms with Crippen LogP contribution in [0.5, 0.6) is 0 Å². The van der Waals surface area contributed by atoms with E-state index in [9.17, 15) is 19.2 Å². The summed E-state index contributed by atoms with van der Waals surface area (Å²) < 4.78 is 0. The Labute approximate surface area is 180 Å². The molecule has 0 spiro atoms. The fourth-order valence-electron chi connectivity index (χ4n) is 4.15. The van der Waals surface area contributed by atoms with Gasteiger partial charge < -0.3 is 15.5 Å². The number of urea groups is 1. The molecule has 0 bridgehead atoms. The molecular formula is C23H24N4O4. The number of nitrogens with one attached hydrogen (secondary N) is 2. The van der Waals surface area contributed by atoms with Crippen LogP contribution in [0.4, 0.5) is 10.5 Å². The zero-order valence-corrected chi connectivity index (χ0v) is 17.2. The van der Waals surface area contributed by atoms with Crippen LogP contribution in [-0.2, 0) is 27.3 Å². The summed E-state index contributed by atoms with van der Waals surface area (Å²) in [5.74, 6) is -0.817. The molecule has 2 aliphatic rings.